The van der Waals surface area contributed by atoms with Gasteiger partial charge >= 0.3 is 0 Å². The SMILES string of the molecule is Cc1ccc(C(=O)N2CCc3ccc(CNS(=O)(=O)c4cccc(Cl)c4C)cc32)cc1. The Morgan fingerprint density at radius 2 is 1.81 bits per heavy atom. The Labute approximate surface area is 187 Å². The summed E-state index contributed by atoms with van der Waals surface area (Å²) in [7, 11) is -3.72. The zero-order valence-electron chi connectivity index (χ0n) is 17.4. The monoisotopic (exact) mass is 454 g/mol. The Kier molecular flexibility index (Phi) is 5.88. The molecule has 4 rings (SSSR count). The fraction of sp³-hybridized carbons (Fsp3) is 0.208. The van der Waals surface area contributed by atoms with Crippen LogP contribution in [0.1, 0.15) is 32.6 Å². The van der Waals surface area contributed by atoms with E-state index in [0.29, 0.717) is 22.7 Å². The van der Waals surface area contributed by atoms with Crippen molar-refractivity contribution in [2.45, 2.75) is 31.7 Å². The lowest BCUT2D eigenvalue weighted by molar-refractivity contribution is 0.0989. The molecule has 0 atom stereocenters. The van der Waals surface area contributed by atoms with E-state index in [1.165, 1.54) is 6.07 Å². The standard InChI is InChI=1S/C24H23ClN2O3S/c1-16-6-9-20(10-7-16)24(28)27-13-12-19-11-8-18(14-22(19)27)15-26-31(29,30)23-5-3-4-21(25)17(23)2/h3-11,14,26H,12-13,15H2,1-2H3. The molecule has 1 amide bonds. The molecule has 160 valence electrons. The number of sulfonamides is 1. The van der Waals surface area contributed by atoms with Gasteiger partial charge in [-0.05, 0) is 67.3 Å². The maximum atomic E-state index is 13.0. The molecule has 1 heterocycles. The number of nitrogens with one attached hydrogen (secondary N) is 1. The van der Waals surface area contributed by atoms with Crippen LogP contribution in [0, 0.1) is 13.8 Å². The lowest BCUT2D eigenvalue weighted by Gasteiger charge is -2.18. The number of hydrogen-bond acceptors (Lipinski definition) is 3. The Morgan fingerprint density at radius 3 is 2.55 bits per heavy atom. The molecule has 5 nitrogen and oxygen atoms in total. The summed E-state index contributed by atoms with van der Waals surface area (Å²) < 4.78 is 28.2. The predicted octanol–water partition coefficient (Wildman–Crippen LogP) is 4.64. The maximum absolute atomic E-state index is 13.0. The first kappa shape index (κ1) is 21.6. The summed E-state index contributed by atoms with van der Waals surface area (Å²) in [4.78, 5) is 14.9. The van der Waals surface area contributed by atoms with Crippen LogP contribution >= 0.6 is 11.6 Å². The zero-order valence-corrected chi connectivity index (χ0v) is 18.9. The van der Waals surface area contributed by atoms with Crippen molar-refractivity contribution in [1.82, 2.24) is 4.72 Å². The number of carbonyl (C=O) groups excluding carboxylic acids is 1. The Morgan fingerprint density at radius 1 is 1.06 bits per heavy atom. The minimum atomic E-state index is -3.72. The number of fused-ring (bicyclic) bond motifs is 1. The predicted molar refractivity (Wildman–Crippen MR) is 123 cm³/mol. The van der Waals surface area contributed by atoms with Crippen LogP contribution in [0.5, 0.6) is 0 Å². The number of rotatable bonds is 5. The molecule has 0 radical (unpaired) electrons. The number of anilines is 1. The van der Waals surface area contributed by atoms with Crippen LogP contribution < -0.4 is 9.62 Å². The van der Waals surface area contributed by atoms with E-state index in [9.17, 15) is 13.2 Å². The first-order valence-electron chi connectivity index (χ1n) is 10.0. The highest BCUT2D eigenvalue weighted by Crippen LogP contribution is 2.31. The van der Waals surface area contributed by atoms with Crippen molar-refractivity contribution in [3.05, 3.63) is 93.5 Å². The van der Waals surface area contributed by atoms with Gasteiger partial charge in [0, 0.05) is 29.4 Å². The number of amides is 1. The van der Waals surface area contributed by atoms with Gasteiger partial charge in [0.25, 0.3) is 5.91 Å². The number of hydrogen-bond donors (Lipinski definition) is 1. The van der Waals surface area contributed by atoms with Crippen molar-refractivity contribution in [2.24, 2.45) is 0 Å². The number of halogens is 1. The van der Waals surface area contributed by atoms with Gasteiger partial charge in [-0.2, -0.15) is 0 Å². The molecule has 0 saturated carbocycles. The average molecular weight is 455 g/mol. The number of aryl methyl sites for hydroxylation is 1. The second kappa shape index (κ2) is 8.46. The van der Waals surface area contributed by atoms with Gasteiger partial charge in [0.15, 0.2) is 0 Å². The Bertz CT molecular complexity index is 1250. The van der Waals surface area contributed by atoms with Gasteiger partial charge in [-0.1, -0.05) is 47.5 Å². The summed E-state index contributed by atoms with van der Waals surface area (Å²) in [6.45, 7) is 4.39. The average Bonchev–Trinajstić information content (AvgIpc) is 3.17. The van der Waals surface area contributed by atoms with Crippen LogP contribution in [0.3, 0.4) is 0 Å². The van der Waals surface area contributed by atoms with Crippen molar-refractivity contribution in [1.29, 1.82) is 0 Å². The van der Waals surface area contributed by atoms with Gasteiger partial charge in [0.1, 0.15) is 0 Å². The molecule has 1 aliphatic rings. The van der Waals surface area contributed by atoms with Crippen molar-refractivity contribution in [2.75, 3.05) is 11.4 Å². The molecule has 7 heteroatoms. The fourth-order valence-corrected chi connectivity index (χ4v) is 5.25. The topological polar surface area (TPSA) is 66.5 Å². The van der Waals surface area contributed by atoms with Crippen LogP contribution in [0.2, 0.25) is 5.02 Å². The van der Waals surface area contributed by atoms with Crippen molar-refractivity contribution in [3.63, 3.8) is 0 Å². The van der Waals surface area contributed by atoms with Gasteiger partial charge in [-0.25, -0.2) is 13.1 Å². The Hall–Kier alpha value is -2.67. The molecule has 1 aliphatic heterocycles. The lowest BCUT2D eigenvalue weighted by Crippen LogP contribution is -2.29. The Balaban J connectivity index is 1.54. The van der Waals surface area contributed by atoms with E-state index in [4.69, 9.17) is 11.6 Å². The van der Waals surface area contributed by atoms with Gasteiger partial charge < -0.3 is 4.90 Å². The summed E-state index contributed by atoms with van der Waals surface area (Å²) in [6.07, 6.45) is 0.778. The number of carbonyl (C=O) groups is 1. The third kappa shape index (κ3) is 4.37. The molecule has 0 unspecified atom stereocenters. The summed E-state index contributed by atoms with van der Waals surface area (Å²) in [6, 6.07) is 18.1. The highest BCUT2D eigenvalue weighted by molar-refractivity contribution is 7.89. The van der Waals surface area contributed by atoms with E-state index in [-0.39, 0.29) is 17.3 Å². The zero-order chi connectivity index (χ0) is 22.2. The van der Waals surface area contributed by atoms with E-state index in [1.54, 1.807) is 24.0 Å². The molecule has 1 N–H and O–H groups in total. The molecule has 0 fully saturated rings. The lowest BCUT2D eigenvalue weighted by atomic mass is 10.1. The van der Waals surface area contributed by atoms with Crippen LogP contribution in [0.15, 0.2) is 65.6 Å². The molecular weight excluding hydrogens is 432 g/mol. The van der Waals surface area contributed by atoms with E-state index >= 15 is 0 Å². The third-order valence-corrected chi connectivity index (χ3v) is 7.52. The minimum absolute atomic E-state index is 0.0500. The highest BCUT2D eigenvalue weighted by Gasteiger charge is 2.26. The molecular formula is C24H23ClN2O3S. The van der Waals surface area contributed by atoms with E-state index in [0.717, 1.165) is 28.8 Å². The van der Waals surface area contributed by atoms with Crippen molar-refractivity contribution in [3.8, 4) is 0 Å². The van der Waals surface area contributed by atoms with Gasteiger partial charge in [0.2, 0.25) is 10.0 Å². The molecule has 0 saturated heterocycles. The van der Waals surface area contributed by atoms with Crippen molar-refractivity contribution >= 4 is 33.2 Å². The first-order chi connectivity index (χ1) is 14.8. The highest BCUT2D eigenvalue weighted by atomic mass is 35.5. The van der Waals surface area contributed by atoms with Crippen LogP contribution in [-0.4, -0.2) is 20.9 Å². The van der Waals surface area contributed by atoms with Gasteiger partial charge in [0.05, 0.1) is 4.90 Å². The van der Waals surface area contributed by atoms with E-state index < -0.39 is 10.0 Å². The molecule has 0 spiro atoms. The second-order valence-corrected chi connectivity index (χ2v) is 9.87. The summed E-state index contributed by atoms with van der Waals surface area (Å²) in [5.41, 5.74) is 4.95. The van der Waals surface area contributed by atoms with Crippen LogP contribution in [0.25, 0.3) is 0 Å². The summed E-state index contributed by atoms with van der Waals surface area (Å²) in [5.74, 6) is -0.0500. The smallest absolute Gasteiger partial charge is 0.258 e. The molecule has 0 aromatic heterocycles. The third-order valence-electron chi connectivity index (χ3n) is 5.56. The maximum Gasteiger partial charge on any atom is 0.258 e. The fourth-order valence-electron chi connectivity index (χ4n) is 3.73. The number of nitrogens with zero attached hydrogens (tertiary/aromatic N) is 1. The van der Waals surface area contributed by atoms with Crippen LogP contribution in [0.4, 0.5) is 5.69 Å². The summed E-state index contributed by atoms with van der Waals surface area (Å²) in [5, 5.41) is 0.408. The quantitative estimate of drug-likeness (QED) is 0.610. The van der Waals surface area contributed by atoms with Crippen LogP contribution in [-0.2, 0) is 23.0 Å². The molecule has 0 aliphatic carbocycles. The second-order valence-electron chi connectivity index (χ2n) is 7.72. The molecule has 3 aromatic rings. The first-order valence-corrected chi connectivity index (χ1v) is 11.9. The van der Waals surface area contributed by atoms with Gasteiger partial charge in [-0.15, -0.1) is 0 Å². The molecule has 31 heavy (non-hydrogen) atoms. The summed E-state index contributed by atoms with van der Waals surface area (Å²) >= 11 is 6.08. The minimum Gasteiger partial charge on any atom is -0.308 e. The number of benzene rings is 3. The van der Waals surface area contributed by atoms with E-state index in [2.05, 4.69) is 4.72 Å². The molecule has 3 aromatic carbocycles. The van der Waals surface area contributed by atoms with Gasteiger partial charge in [-0.3, -0.25) is 4.79 Å². The van der Waals surface area contributed by atoms with Crippen molar-refractivity contribution < 1.29 is 13.2 Å². The largest absolute Gasteiger partial charge is 0.308 e. The van der Waals surface area contributed by atoms with E-state index in [1.807, 2.05) is 49.4 Å². The molecule has 0 bridgehead atoms. The normalized spacial score (nSPS) is 13.3.